The van der Waals surface area contributed by atoms with Crippen LogP contribution in [0.2, 0.25) is 0 Å². The van der Waals surface area contributed by atoms with Gasteiger partial charge in [-0.15, -0.1) is 0 Å². The van der Waals surface area contributed by atoms with Crippen molar-refractivity contribution >= 4 is 20.2 Å². The molecule has 166 valence electrons. The molecule has 0 saturated carbocycles. The van der Waals surface area contributed by atoms with Gasteiger partial charge in [-0.2, -0.15) is 16.8 Å². The summed E-state index contributed by atoms with van der Waals surface area (Å²) in [5, 5.41) is 0. The lowest BCUT2D eigenvalue weighted by molar-refractivity contribution is 0.0285. The van der Waals surface area contributed by atoms with Crippen LogP contribution in [0.3, 0.4) is 0 Å². The van der Waals surface area contributed by atoms with Crippen LogP contribution in [0.4, 0.5) is 8.78 Å². The zero-order valence-electron chi connectivity index (χ0n) is 15.7. The maximum absolute atomic E-state index is 13.5. The monoisotopic (exact) mass is 466 g/mol. The van der Waals surface area contributed by atoms with Gasteiger partial charge in [0.05, 0.1) is 39.6 Å². The fourth-order valence-corrected chi connectivity index (χ4v) is 4.08. The molecule has 0 saturated heterocycles. The van der Waals surface area contributed by atoms with E-state index in [2.05, 4.69) is 8.37 Å². The third kappa shape index (κ3) is 7.38. The van der Waals surface area contributed by atoms with Gasteiger partial charge in [0.15, 0.2) is 0 Å². The van der Waals surface area contributed by atoms with Crippen LogP contribution in [0, 0.1) is 11.6 Å². The molecule has 0 fully saturated rings. The Labute approximate surface area is 173 Å². The molecule has 12 heteroatoms. The number of hydrogen-bond acceptors (Lipinski definition) is 8. The molecule has 0 aliphatic heterocycles. The van der Waals surface area contributed by atoms with E-state index < -0.39 is 41.7 Å². The lowest BCUT2D eigenvalue weighted by atomic mass is 10.4. The fourth-order valence-electron chi connectivity index (χ4n) is 2.15. The number of benzene rings is 2. The number of ether oxygens (including phenoxy) is 2. The van der Waals surface area contributed by atoms with Gasteiger partial charge >= 0.3 is 0 Å². The van der Waals surface area contributed by atoms with E-state index in [0.29, 0.717) is 0 Å². The van der Waals surface area contributed by atoms with Gasteiger partial charge < -0.3 is 9.47 Å². The second kappa shape index (κ2) is 11.4. The molecule has 0 aliphatic carbocycles. The third-order valence-electron chi connectivity index (χ3n) is 3.52. The molecular formula is C18H20F2O8S2. The summed E-state index contributed by atoms with van der Waals surface area (Å²) in [5.74, 6) is -1.82. The summed E-state index contributed by atoms with van der Waals surface area (Å²) in [5.41, 5.74) is 0. The van der Waals surface area contributed by atoms with E-state index in [-0.39, 0.29) is 39.6 Å². The minimum absolute atomic E-state index is 0.0726. The van der Waals surface area contributed by atoms with Crippen molar-refractivity contribution in [2.45, 2.75) is 9.79 Å². The molecule has 30 heavy (non-hydrogen) atoms. The highest BCUT2D eigenvalue weighted by Gasteiger charge is 2.20. The summed E-state index contributed by atoms with van der Waals surface area (Å²) in [6.45, 7) is -0.669. The molecule has 2 aromatic rings. The Bertz CT molecular complexity index is 942. The maximum Gasteiger partial charge on any atom is 0.299 e. The first-order chi connectivity index (χ1) is 14.2. The molecule has 0 amide bonds. The Hall–Kier alpha value is -1.96. The van der Waals surface area contributed by atoms with Gasteiger partial charge in [0.25, 0.3) is 20.2 Å². The lowest BCUT2D eigenvalue weighted by Crippen LogP contribution is -2.16. The van der Waals surface area contributed by atoms with Crippen molar-refractivity contribution in [3.8, 4) is 0 Å². The molecular weight excluding hydrogens is 446 g/mol. The standard InChI is InChI=1S/C18H20F2O8S2/c19-15-5-1-3-7-17(15)29(21,22)27-13-11-25-9-10-26-12-14-28-30(23,24)18-8-4-2-6-16(18)20/h1-8H,9-14H2. The number of rotatable bonds is 13. The van der Waals surface area contributed by atoms with Crippen LogP contribution in [-0.2, 0) is 38.1 Å². The number of halogens is 2. The summed E-state index contributed by atoms with van der Waals surface area (Å²) >= 11 is 0. The molecule has 0 heterocycles. The van der Waals surface area contributed by atoms with Gasteiger partial charge in [0.1, 0.15) is 21.4 Å². The van der Waals surface area contributed by atoms with Crippen LogP contribution in [0.1, 0.15) is 0 Å². The molecule has 0 aliphatic rings. The van der Waals surface area contributed by atoms with Crippen molar-refractivity contribution < 1.29 is 43.5 Å². The molecule has 0 N–H and O–H groups in total. The van der Waals surface area contributed by atoms with Crippen LogP contribution >= 0.6 is 0 Å². The SMILES string of the molecule is O=S(=O)(OCCOCCOCCOS(=O)(=O)c1ccccc1F)c1ccccc1F. The second-order valence-corrected chi connectivity index (χ2v) is 8.81. The molecule has 0 aromatic heterocycles. The van der Waals surface area contributed by atoms with Gasteiger partial charge in [-0.25, -0.2) is 8.78 Å². The van der Waals surface area contributed by atoms with Gasteiger partial charge in [0, 0.05) is 0 Å². The molecule has 2 rings (SSSR count). The van der Waals surface area contributed by atoms with Gasteiger partial charge in [-0.05, 0) is 24.3 Å². The Morgan fingerprint density at radius 2 is 0.900 bits per heavy atom. The van der Waals surface area contributed by atoms with E-state index in [0.717, 1.165) is 24.3 Å². The van der Waals surface area contributed by atoms with Crippen molar-refractivity contribution in [3.05, 3.63) is 60.2 Å². The van der Waals surface area contributed by atoms with Crippen LogP contribution < -0.4 is 0 Å². The zero-order chi connectivity index (χ0) is 22.0. The highest BCUT2D eigenvalue weighted by Crippen LogP contribution is 2.16. The van der Waals surface area contributed by atoms with Crippen LogP contribution in [0.25, 0.3) is 0 Å². The van der Waals surface area contributed by atoms with Gasteiger partial charge in [-0.3, -0.25) is 8.37 Å². The summed E-state index contributed by atoms with van der Waals surface area (Å²) < 4.78 is 93.9. The summed E-state index contributed by atoms with van der Waals surface area (Å²) in [6, 6.07) is 9.67. The van der Waals surface area contributed by atoms with Crippen LogP contribution in [-0.4, -0.2) is 56.5 Å². The van der Waals surface area contributed by atoms with Crippen molar-refractivity contribution in [3.63, 3.8) is 0 Å². The maximum atomic E-state index is 13.5. The Kier molecular flexibility index (Phi) is 9.27. The first-order valence-corrected chi connectivity index (χ1v) is 11.5. The predicted molar refractivity (Wildman–Crippen MR) is 101 cm³/mol. The van der Waals surface area contributed by atoms with E-state index >= 15 is 0 Å². The summed E-state index contributed by atoms with van der Waals surface area (Å²) in [6.07, 6.45) is 0. The first-order valence-electron chi connectivity index (χ1n) is 8.67. The topological polar surface area (TPSA) is 105 Å². The Morgan fingerprint density at radius 3 is 1.27 bits per heavy atom. The fraction of sp³-hybridized carbons (Fsp3) is 0.333. The third-order valence-corrected chi connectivity index (χ3v) is 6.21. The van der Waals surface area contributed by atoms with E-state index in [1.54, 1.807) is 0 Å². The molecule has 0 spiro atoms. The van der Waals surface area contributed by atoms with Gasteiger partial charge in [-0.1, -0.05) is 24.3 Å². The predicted octanol–water partition coefficient (Wildman–Crippen LogP) is 2.11. The molecule has 2 aromatic carbocycles. The van der Waals surface area contributed by atoms with Crippen molar-refractivity contribution in [1.82, 2.24) is 0 Å². The van der Waals surface area contributed by atoms with Gasteiger partial charge in [0.2, 0.25) is 0 Å². The first kappa shape index (κ1) is 24.3. The van der Waals surface area contributed by atoms with Crippen molar-refractivity contribution in [1.29, 1.82) is 0 Å². The quantitative estimate of drug-likeness (QED) is 0.327. The molecule has 0 unspecified atom stereocenters. The molecule has 8 nitrogen and oxygen atoms in total. The minimum atomic E-state index is -4.22. The number of hydrogen-bond donors (Lipinski definition) is 0. The molecule has 0 atom stereocenters. The highest BCUT2D eigenvalue weighted by atomic mass is 32.2. The van der Waals surface area contributed by atoms with E-state index in [4.69, 9.17) is 9.47 Å². The molecule has 0 radical (unpaired) electrons. The summed E-state index contributed by atoms with van der Waals surface area (Å²) in [4.78, 5) is -1.11. The Morgan fingerprint density at radius 1 is 0.567 bits per heavy atom. The minimum Gasteiger partial charge on any atom is -0.377 e. The summed E-state index contributed by atoms with van der Waals surface area (Å²) in [7, 11) is -8.44. The second-order valence-electron chi connectivity index (χ2n) is 5.64. The van der Waals surface area contributed by atoms with Crippen molar-refractivity contribution in [2.24, 2.45) is 0 Å². The van der Waals surface area contributed by atoms with Crippen LogP contribution in [0.15, 0.2) is 58.3 Å². The van der Waals surface area contributed by atoms with E-state index in [1.165, 1.54) is 24.3 Å². The van der Waals surface area contributed by atoms with E-state index in [1.807, 2.05) is 0 Å². The van der Waals surface area contributed by atoms with Crippen LogP contribution in [0.5, 0.6) is 0 Å². The normalized spacial score (nSPS) is 12.2. The molecule has 0 bridgehead atoms. The largest absolute Gasteiger partial charge is 0.377 e. The average Bonchev–Trinajstić information content (AvgIpc) is 2.69. The van der Waals surface area contributed by atoms with E-state index in [9.17, 15) is 25.6 Å². The lowest BCUT2D eigenvalue weighted by Gasteiger charge is -2.08. The highest BCUT2D eigenvalue weighted by molar-refractivity contribution is 7.87. The Balaban J connectivity index is 1.56. The smallest absolute Gasteiger partial charge is 0.299 e. The van der Waals surface area contributed by atoms with Crippen molar-refractivity contribution in [2.75, 3.05) is 39.6 Å². The zero-order valence-corrected chi connectivity index (χ0v) is 17.3. The average molecular weight is 466 g/mol.